The topological polar surface area (TPSA) is 104 Å². The molecule has 0 atom stereocenters. The minimum Gasteiger partial charge on any atom is -0.326 e. The van der Waals surface area contributed by atoms with Crippen LogP contribution in [0.3, 0.4) is 0 Å². The van der Waals surface area contributed by atoms with Gasteiger partial charge in [-0.05, 0) is 79.4 Å². The van der Waals surface area contributed by atoms with Crippen LogP contribution in [0.5, 0.6) is 0 Å². The molecule has 0 aliphatic heterocycles. The highest BCUT2D eigenvalue weighted by Gasteiger charge is 2.22. The number of hydrogen-bond acceptors (Lipinski definition) is 6. The maximum absolute atomic E-state index is 13.2. The van der Waals surface area contributed by atoms with E-state index in [0.717, 1.165) is 10.1 Å². The van der Waals surface area contributed by atoms with Gasteiger partial charge in [0, 0.05) is 37.2 Å². The summed E-state index contributed by atoms with van der Waals surface area (Å²) in [6.45, 7) is 3.45. The minimum absolute atomic E-state index is 0.235. The molecule has 0 spiro atoms. The Morgan fingerprint density at radius 2 is 1.51 bits per heavy atom. The van der Waals surface area contributed by atoms with Crippen molar-refractivity contribution in [2.75, 3.05) is 10.0 Å². The van der Waals surface area contributed by atoms with Gasteiger partial charge in [-0.1, -0.05) is 35.3 Å². The normalized spacial score (nSPS) is 11.6. The Hall–Kier alpha value is -3.37. The molecule has 5 aromatic rings. The van der Waals surface area contributed by atoms with Gasteiger partial charge in [0.1, 0.15) is 4.21 Å². The lowest BCUT2D eigenvalue weighted by atomic mass is 10.1. The molecule has 0 amide bonds. The summed E-state index contributed by atoms with van der Waals surface area (Å²) in [5.74, 6) is 0.276. The maximum atomic E-state index is 13.2. The van der Waals surface area contributed by atoms with Gasteiger partial charge in [0.05, 0.1) is 5.69 Å². The van der Waals surface area contributed by atoms with Crippen LogP contribution in [0.25, 0.3) is 21.3 Å². The van der Waals surface area contributed by atoms with E-state index in [9.17, 15) is 13.2 Å². The molecular formula is C26H20Cl2N4O3S2. The van der Waals surface area contributed by atoms with E-state index in [1.807, 2.05) is 6.07 Å². The van der Waals surface area contributed by atoms with Gasteiger partial charge < -0.3 is 5.32 Å². The van der Waals surface area contributed by atoms with Crippen LogP contribution < -0.4 is 15.6 Å². The fourth-order valence-electron chi connectivity index (χ4n) is 3.87. The monoisotopic (exact) mass is 570 g/mol. The van der Waals surface area contributed by atoms with Gasteiger partial charge in [-0.15, -0.1) is 11.3 Å². The second-order valence-electron chi connectivity index (χ2n) is 8.36. The lowest BCUT2D eigenvalue weighted by molar-refractivity contribution is 0.603. The molecule has 3 aromatic carbocycles. The van der Waals surface area contributed by atoms with E-state index in [1.54, 1.807) is 74.5 Å². The molecular weight excluding hydrogens is 551 g/mol. The van der Waals surface area contributed by atoms with E-state index in [2.05, 4.69) is 20.0 Å². The first kappa shape index (κ1) is 25.3. The third-order valence-corrected chi connectivity index (χ3v) is 9.53. The molecule has 0 aliphatic rings. The predicted molar refractivity (Wildman–Crippen MR) is 152 cm³/mol. The average molecular weight is 572 g/mol. The molecule has 2 heterocycles. The number of benzene rings is 3. The van der Waals surface area contributed by atoms with Gasteiger partial charge >= 0.3 is 0 Å². The number of aryl methyl sites for hydroxylation is 1. The number of halogens is 2. The zero-order valence-corrected chi connectivity index (χ0v) is 22.7. The SMILES string of the molecule is Cc1c(-c2ccc(NS(=O)(=O)c3sc4ccc(Cl)cc4c3C)cc2)nc(Nc2ccc(Cl)cc2)[nH]c1=O. The third-order valence-electron chi connectivity index (χ3n) is 5.77. The van der Waals surface area contributed by atoms with Crippen molar-refractivity contribution in [1.29, 1.82) is 0 Å². The summed E-state index contributed by atoms with van der Waals surface area (Å²) in [5.41, 5.74) is 3.05. The highest BCUT2D eigenvalue weighted by Crippen LogP contribution is 2.36. The number of hydrogen-bond donors (Lipinski definition) is 3. The van der Waals surface area contributed by atoms with Crippen LogP contribution in [-0.4, -0.2) is 18.4 Å². The smallest absolute Gasteiger partial charge is 0.271 e. The highest BCUT2D eigenvalue weighted by molar-refractivity contribution is 7.94. The highest BCUT2D eigenvalue weighted by atomic mass is 35.5. The number of nitrogens with zero attached hydrogens (tertiary/aromatic N) is 1. The number of thiophene rings is 1. The van der Waals surface area contributed by atoms with Crippen LogP contribution in [0.1, 0.15) is 11.1 Å². The number of aromatic nitrogens is 2. The molecule has 0 saturated carbocycles. The van der Waals surface area contributed by atoms with Gasteiger partial charge in [-0.2, -0.15) is 0 Å². The van der Waals surface area contributed by atoms with Crippen LogP contribution >= 0.6 is 34.5 Å². The summed E-state index contributed by atoms with van der Waals surface area (Å²) in [4.78, 5) is 19.8. The largest absolute Gasteiger partial charge is 0.326 e. The van der Waals surface area contributed by atoms with Gasteiger partial charge in [0.2, 0.25) is 5.95 Å². The van der Waals surface area contributed by atoms with Crippen molar-refractivity contribution in [3.05, 3.63) is 98.3 Å². The first-order valence-corrected chi connectivity index (χ1v) is 14.1. The zero-order chi connectivity index (χ0) is 26.3. The molecule has 0 fully saturated rings. The summed E-state index contributed by atoms with van der Waals surface area (Å²) in [6, 6.07) is 19.0. The third kappa shape index (κ3) is 5.21. The summed E-state index contributed by atoms with van der Waals surface area (Å²) < 4.78 is 30.0. The second kappa shape index (κ2) is 9.83. The molecule has 0 aliphatic carbocycles. The Balaban J connectivity index is 1.42. The minimum atomic E-state index is -3.82. The fourth-order valence-corrected chi connectivity index (χ4v) is 6.97. The first-order chi connectivity index (χ1) is 17.6. The molecule has 11 heteroatoms. The Labute approximate surface area is 227 Å². The standard InChI is InChI=1S/C26H20Cl2N4O3S2/c1-14-21-13-18(28)7-12-22(21)36-25(14)37(34,35)32-20-8-3-16(4-9-20)23-15(2)24(33)31-26(30-23)29-19-10-5-17(27)6-11-19/h3-13,32H,1-2H3,(H2,29,30,31,33). The number of nitrogens with one attached hydrogen (secondary N) is 3. The van der Waals surface area contributed by atoms with E-state index in [1.165, 1.54) is 11.3 Å². The van der Waals surface area contributed by atoms with Gasteiger partial charge in [-0.3, -0.25) is 14.5 Å². The van der Waals surface area contributed by atoms with E-state index in [-0.39, 0.29) is 15.7 Å². The van der Waals surface area contributed by atoms with Crippen molar-refractivity contribution in [3.63, 3.8) is 0 Å². The van der Waals surface area contributed by atoms with Crippen LogP contribution in [0.2, 0.25) is 10.0 Å². The molecule has 37 heavy (non-hydrogen) atoms. The van der Waals surface area contributed by atoms with E-state index >= 15 is 0 Å². The molecule has 5 rings (SSSR count). The number of aromatic amines is 1. The zero-order valence-electron chi connectivity index (χ0n) is 19.6. The van der Waals surface area contributed by atoms with Crippen LogP contribution in [0, 0.1) is 13.8 Å². The quantitative estimate of drug-likeness (QED) is 0.201. The van der Waals surface area contributed by atoms with Crippen molar-refractivity contribution in [1.82, 2.24) is 9.97 Å². The average Bonchev–Trinajstić information content (AvgIpc) is 3.20. The van der Waals surface area contributed by atoms with Crippen molar-refractivity contribution < 1.29 is 8.42 Å². The van der Waals surface area contributed by atoms with Crippen molar-refractivity contribution >= 4 is 72.0 Å². The number of rotatable bonds is 6. The summed E-state index contributed by atoms with van der Waals surface area (Å²) in [6.07, 6.45) is 0. The second-order valence-corrected chi connectivity index (χ2v) is 12.2. The number of anilines is 3. The van der Waals surface area contributed by atoms with Gasteiger partial charge in [0.25, 0.3) is 15.6 Å². The van der Waals surface area contributed by atoms with Crippen LogP contribution in [-0.2, 0) is 10.0 Å². The van der Waals surface area contributed by atoms with E-state index in [4.69, 9.17) is 23.2 Å². The van der Waals surface area contributed by atoms with Gasteiger partial charge in [-0.25, -0.2) is 13.4 Å². The molecule has 0 unspecified atom stereocenters. The molecule has 188 valence electrons. The summed E-state index contributed by atoms with van der Waals surface area (Å²) in [5, 5.41) is 5.03. The molecule has 3 N–H and O–H groups in total. The predicted octanol–water partition coefficient (Wildman–Crippen LogP) is 7.12. The summed E-state index contributed by atoms with van der Waals surface area (Å²) >= 11 is 13.2. The Morgan fingerprint density at radius 3 is 2.22 bits per heavy atom. The van der Waals surface area contributed by atoms with Crippen molar-refractivity contribution in [2.45, 2.75) is 18.1 Å². The fraction of sp³-hybridized carbons (Fsp3) is 0.0769. The van der Waals surface area contributed by atoms with E-state index < -0.39 is 10.0 Å². The molecule has 0 bridgehead atoms. The van der Waals surface area contributed by atoms with Crippen LogP contribution in [0.15, 0.2) is 75.7 Å². The lowest BCUT2D eigenvalue weighted by Gasteiger charge is -2.11. The number of fused-ring (bicyclic) bond motifs is 1. The Bertz CT molecular complexity index is 1800. The molecule has 0 radical (unpaired) electrons. The first-order valence-electron chi connectivity index (χ1n) is 11.1. The van der Waals surface area contributed by atoms with Crippen LogP contribution in [0.4, 0.5) is 17.3 Å². The maximum Gasteiger partial charge on any atom is 0.271 e. The lowest BCUT2D eigenvalue weighted by Crippen LogP contribution is -2.15. The Kier molecular flexibility index (Phi) is 6.72. The van der Waals surface area contributed by atoms with Crippen molar-refractivity contribution in [3.8, 4) is 11.3 Å². The Morgan fingerprint density at radius 1 is 0.865 bits per heavy atom. The number of H-pyrrole nitrogens is 1. The summed E-state index contributed by atoms with van der Waals surface area (Å²) in [7, 11) is -3.82. The molecule has 2 aromatic heterocycles. The number of sulfonamides is 1. The molecule has 0 saturated heterocycles. The molecule has 7 nitrogen and oxygen atoms in total. The van der Waals surface area contributed by atoms with Gasteiger partial charge in [0.15, 0.2) is 0 Å². The van der Waals surface area contributed by atoms with E-state index in [0.29, 0.717) is 43.8 Å². The van der Waals surface area contributed by atoms with Crippen molar-refractivity contribution in [2.24, 2.45) is 0 Å².